The van der Waals surface area contributed by atoms with Crippen molar-refractivity contribution in [1.29, 1.82) is 0 Å². The van der Waals surface area contributed by atoms with Crippen LogP contribution < -0.4 is 4.74 Å². The van der Waals surface area contributed by atoms with Gasteiger partial charge in [0, 0.05) is 29.1 Å². The standard InChI is InChI=1S/C20H18N4O3/c1-3-5-17-16-12-21-19-15(6-4-7-18(19)27-2)20(16)23(22-17)13-8-10-14(11-9-13)24(25)26/h4,6-12H,3,5H2,1-2H3. The van der Waals surface area contributed by atoms with Crippen molar-refractivity contribution in [1.82, 2.24) is 14.8 Å². The lowest BCUT2D eigenvalue weighted by Crippen LogP contribution is -1.99. The lowest BCUT2D eigenvalue weighted by Gasteiger charge is -2.08. The highest BCUT2D eigenvalue weighted by Gasteiger charge is 2.17. The molecule has 4 rings (SSSR count). The van der Waals surface area contributed by atoms with Crippen molar-refractivity contribution < 1.29 is 9.66 Å². The fourth-order valence-corrected chi connectivity index (χ4v) is 3.33. The summed E-state index contributed by atoms with van der Waals surface area (Å²) in [6, 6.07) is 12.2. The van der Waals surface area contributed by atoms with E-state index in [1.807, 2.05) is 29.1 Å². The SMILES string of the molecule is CCCc1nn(-c2ccc([N+](=O)[O-])cc2)c2c1cnc1c(OC)cccc12. The Kier molecular flexibility index (Phi) is 4.19. The summed E-state index contributed by atoms with van der Waals surface area (Å²) in [5.74, 6) is 0.697. The molecule has 0 radical (unpaired) electrons. The lowest BCUT2D eigenvalue weighted by molar-refractivity contribution is -0.384. The monoisotopic (exact) mass is 362 g/mol. The molecule has 0 aliphatic rings. The molecular formula is C20H18N4O3. The molecule has 0 atom stereocenters. The average Bonchev–Trinajstić information content (AvgIpc) is 3.07. The van der Waals surface area contributed by atoms with Crippen LogP contribution in [0.25, 0.3) is 27.5 Å². The van der Waals surface area contributed by atoms with Gasteiger partial charge in [-0.25, -0.2) is 4.68 Å². The van der Waals surface area contributed by atoms with E-state index in [0.717, 1.165) is 46.0 Å². The number of pyridine rings is 1. The Labute approximate surface area is 155 Å². The van der Waals surface area contributed by atoms with Gasteiger partial charge in [0.05, 0.1) is 28.9 Å². The number of benzene rings is 2. The molecule has 136 valence electrons. The number of aryl methyl sites for hydroxylation is 1. The van der Waals surface area contributed by atoms with Crippen LogP contribution in [0.4, 0.5) is 5.69 Å². The van der Waals surface area contributed by atoms with Gasteiger partial charge in [-0.1, -0.05) is 25.5 Å². The van der Waals surface area contributed by atoms with Crippen LogP contribution in [0.1, 0.15) is 19.0 Å². The van der Waals surface area contributed by atoms with Crippen molar-refractivity contribution in [2.24, 2.45) is 0 Å². The van der Waals surface area contributed by atoms with Crippen molar-refractivity contribution in [2.75, 3.05) is 7.11 Å². The molecule has 0 bridgehead atoms. The summed E-state index contributed by atoms with van der Waals surface area (Å²) in [7, 11) is 1.62. The second-order valence-electron chi connectivity index (χ2n) is 6.26. The van der Waals surface area contributed by atoms with E-state index >= 15 is 0 Å². The number of nitro benzene ring substituents is 1. The van der Waals surface area contributed by atoms with Crippen LogP contribution in [-0.4, -0.2) is 26.8 Å². The zero-order valence-corrected chi connectivity index (χ0v) is 15.0. The van der Waals surface area contributed by atoms with Crippen LogP contribution in [0.2, 0.25) is 0 Å². The Bertz CT molecular complexity index is 1150. The molecule has 0 unspecified atom stereocenters. The zero-order valence-electron chi connectivity index (χ0n) is 15.0. The number of fused-ring (bicyclic) bond motifs is 3. The fraction of sp³-hybridized carbons (Fsp3) is 0.200. The first-order valence-corrected chi connectivity index (χ1v) is 8.72. The zero-order chi connectivity index (χ0) is 19.0. The number of nitro groups is 1. The normalized spacial score (nSPS) is 11.2. The average molecular weight is 362 g/mol. The maximum Gasteiger partial charge on any atom is 0.269 e. The van der Waals surface area contributed by atoms with Gasteiger partial charge in [-0.05, 0) is 24.6 Å². The number of non-ortho nitro benzene ring substituents is 1. The van der Waals surface area contributed by atoms with Crippen molar-refractivity contribution in [2.45, 2.75) is 19.8 Å². The van der Waals surface area contributed by atoms with E-state index in [-0.39, 0.29) is 5.69 Å². The second kappa shape index (κ2) is 6.68. The van der Waals surface area contributed by atoms with E-state index in [9.17, 15) is 10.1 Å². The van der Waals surface area contributed by atoms with Gasteiger partial charge in [0.1, 0.15) is 11.3 Å². The van der Waals surface area contributed by atoms with Gasteiger partial charge in [-0.3, -0.25) is 15.1 Å². The summed E-state index contributed by atoms with van der Waals surface area (Å²) in [5.41, 5.74) is 3.47. The number of ether oxygens (including phenoxy) is 1. The number of para-hydroxylation sites is 1. The van der Waals surface area contributed by atoms with Crippen LogP contribution in [0.3, 0.4) is 0 Å². The van der Waals surface area contributed by atoms with Crippen LogP contribution in [0.5, 0.6) is 5.75 Å². The first-order chi connectivity index (χ1) is 13.1. The summed E-state index contributed by atoms with van der Waals surface area (Å²) in [6.07, 6.45) is 3.62. The molecule has 7 heteroatoms. The van der Waals surface area contributed by atoms with Gasteiger partial charge < -0.3 is 4.74 Å². The highest BCUT2D eigenvalue weighted by atomic mass is 16.6. The van der Waals surface area contributed by atoms with E-state index in [2.05, 4.69) is 11.9 Å². The molecule has 0 saturated heterocycles. The van der Waals surface area contributed by atoms with Crippen molar-refractivity contribution in [3.05, 3.63) is 64.5 Å². The predicted molar refractivity (Wildman–Crippen MR) is 104 cm³/mol. The Morgan fingerprint density at radius 1 is 1.15 bits per heavy atom. The van der Waals surface area contributed by atoms with Gasteiger partial charge in [0.2, 0.25) is 0 Å². The summed E-state index contributed by atoms with van der Waals surface area (Å²) >= 11 is 0. The molecule has 2 heterocycles. The molecule has 2 aromatic heterocycles. The molecule has 0 N–H and O–H groups in total. The van der Waals surface area contributed by atoms with Crippen molar-refractivity contribution >= 4 is 27.5 Å². The summed E-state index contributed by atoms with van der Waals surface area (Å²) in [4.78, 5) is 15.2. The molecule has 0 saturated carbocycles. The Balaban J connectivity index is 2.03. The maximum absolute atomic E-state index is 11.0. The molecule has 0 aliphatic heterocycles. The highest BCUT2D eigenvalue weighted by molar-refractivity contribution is 6.06. The van der Waals surface area contributed by atoms with Crippen molar-refractivity contribution in [3.63, 3.8) is 0 Å². The first kappa shape index (κ1) is 17.0. The third-order valence-electron chi connectivity index (χ3n) is 4.59. The van der Waals surface area contributed by atoms with E-state index < -0.39 is 4.92 Å². The summed E-state index contributed by atoms with van der Waals surface area (Å²) < 4.78 is 7.29. The van der Waals surface area contributed by atoms with Gasteiger partial charge in [-0.2, -0.15) is 5.10 Å². The van der Waals surface area contributed by atoms with Gasteiger partial charge in [0.25, 0.3) is 5.69 Å². The third-order valence-corrected chi connectivity index (χ3v) is 4.59. The molecule has 0 aliphatic carbocycles. The molecule has 0 amide bonds. The number of hydrogen-bond donors (Lipinski definition) is 0. The Hall–Kier alpha value is -3.48. The molecule has 27 heavy (non-hydrogen) atoms. The Morgan fingerprint density at radius 3 is 2.59 bits per heavy atom. The van der Waals surface area contributed by atoms with Crippen LogP contribution >= 0.6 is 0 Å². The minimum absolute atomic E-state index is 0.0530. The number of methoxy groups -OCH3 is 1. The molecule has 0 fully saturated rings. The van der Waals surface area contributed by atoms with Gasteiger partial charge in [-0.15, -0.1) is 0 Å². The summed E-state index contributed by atoms with van der Waals surface area (Å²) in [5, 5.41) is 17.7. The van der Waals surface area contributed by atoms with E-state index in [1.54, 1.807) is 19.2 Å². The lowest BCUT2D eigenvalue weighted by atomic mass is 10.1. The van der Waals surface area contributed by atoms with Crippen LogP contribution in [0, 0.1) is 10.1 Å². The number of hydrogen-bond acceptors (Lipinski definition) is 5. The number of rotatable bonds is 5. The second-order valence-corrected chi connectivity index (χ2v) is 6.26. The maximum atomic E-state index is 11.0. The molecule has 4 aromatic rings. The quantitative estimate of drug-likeness (QED) is 0.387. The topological polar surface area (TPSA) is 83.1 Å². The van der Waals surface area contributed by atoms with E-state index in [1.165, 1.54) is 12.1 Å². The predicted octanol–water partition coefficient (Wildman–Crippen LogP) is 4.44. The minimum atomic E-state index is -0.405. The number of nitrogens with zero attached hydrogens (tertiary/aromatic N) is 4. The molecule has 0 spiro atoms. The highest BCUT2D eigenvalue weighted by Crippen LogP contribution is 2.33. The van der Waals surface area contributed by atoms with E-state index in [0.29, 0.717) is 5.75 Å². The van der Waals surface area contributed by atoms with Gasteiger partial charge in [0.15, 0.2) is 0 Å². The van der Waals surface area contributed by atoms with Crippen LogP contribution in [-0.2, 0) is 6.42 Å². The first-order valence-electron chi connectivity index (χ1n) is 8.72. The molecular weight excluding hydrogens is 344 g/mol. The molecule has 2 aromatic carbocycles. The Morgan fingerprint density at radius 2 is 1.93 bits per heavy atom. The summed E-state index contributed by atoms with van der Waals surface area (Å²) in [6.45, 7) is 2.11. The van der Waals surface area contributed by atoms with Crippen LogP contribution in [0.15, 0.2) is 48.7 Å². The molecule has 7 nitrogen and oxygen atoms in total. The largest absolute Gasteiger partial charge is 0.494 e. The minimum Gasteiger partial charge on any atom is -0.494 e. The number of aromatic nitrogens is 3. The van der Waals surface area contributed by atoms with E-state index in [4.69, 9.17) is 9.84 Å². The van der Waals surface area contributed by atoms with Gasteiger partial charge >= 0.3 is 0 Å². The van der Waals surface area contributed by atoms with Crippen molar-refractivity contribution in [3.8, 4) is 11.4 Å². The smallest absolute Gasteiger partial charge is 0.269 e. The third kappa shape index (κ3) is 2.77. The fourth-order valence-electron chi connectivity index (χ4n) is 3.33.